The van der Waals surface area contributed by atoms with E-state index in [2.05, 4.69) is 34.6 Å². The average Bonchev–Trinajstić information content (AvgIpc) is 3.03. The van der Waals surface area contributed by atoms with Gasteiger partial charge in [0.1, 0.15) is 11.0 Å². The second-order valence-corrected chi connectivity index (χ2v) is 6.39. The number of carbonyl (C=O) groups is 1. The number of carbonyl (C=O) groups excluding carboxylic acids is 1. The smallest absolute Gasteiger partial charge is 0.224 e. The third-order valence-corrected chi connectivity index (χ3v) is 4.36. The van der Waals surface area contributed by atoms with E-state index in [1.807, 2.05) is 12.1 Å². The summed E-state index contributed by atoms with van der Waals surface area (Å²) in [5.41, 5.74) is 4.14. The number of aryl methyl sites for hydroxylation is 1. The number of anilines is 1. The second-order valence-electron chi connectivity index (χ2n) is 5.98. The molecule has 0 saturated carbocycles. The van der Waals surface area contributed by atoms with Gasteiger partial charge in [-0.1, -0.05) is 44.0 Å². The number of benzene rings is 2. The number of hydrogen-bond donors (Lipinski definition) is 1. The number of hydrogen-bond acceptors (Lipinski definition) is 3. The molecule has 0 atom stereocenters. The monoisotopic (exact) mass is 356 g/mol. The summed E-state index contributed by atoms with van der Waals surface area (Å²) in [6.45, 7) is 3.98. The van der Waals surface area contributed by atoms with E-state index in [0.717, 1.165) is 12.1 Å². The van der Waals surface area contributed by atoms with Crippen molar-refractivity contribution in [3.05, 3.63) is 47.0 Å². The van der Waals surface area contributed by atoms with Crippen LogP contribution in [-0.4, -0.2) is 20.9 Å². The summed E-state index contributed by atoms with van der Waals surface area (Å²) in [4.78, 5) is 13.2. The number of rotatable bonds is 6. The van der Waals surface area contributed by atoms with Gasteiger partial charge in [0.15, 0.2) is 0 Å². The first-order valence-corrected chi connectivity index (χ1v) is 8.94. The molecule has 5 nitrogen and oxygen atoms in total. The lowest BCUT2D eigenvalue weighted by atomic mass is 10.1. The van der Waals surface area contributed by atoms with Gasteiger partial charge < -0.3 is 5.32 Å². The van der Waals surface area contributed by atoms with E-state index in [9.17, 15) is 4.79 Å². The summed E-state index contributed by atoms with van der Waals surface area (Å²) < 4.78 is 0. The molecular formula is C19H21ClN4O. The van der Waals surface area contributed by atoms with Gasteiger partial charge in [-0.25, -0.2) is 0 Å². The molecule has 6 heteroatoms. The molecule has 1 aromatic heterocycles. The predicted molar refractivity (Wildman–Crippen MR) is 101 cm³/mol. The van der Waals surface area contributed by atoms with Crippen molar-refractivity contribution in [3.63, 3.8) is 0 Å². The molecule has 0 fully saturated rings. The first-order valence-electron chi connectivity index (χ1n) is 8.56. The highest BCUT2D eigenvalue weighted by Gasteiger charge is 2.11. The van der Waals surface area contributed by atoms with Crippen LogP contribution in [0.15, 0.2) is 36.4 Å². The summed E-state index contributed by atoms with van der Waals surface area (Å²) in [5.74, 6) is -0.0868. The molecule has 0 aliphatic heterocycles. The fourth-order valence-electron chi connectivity index (χ4n) is 2.56. The Morgan fingerprint density at radius 1 is 1.12 bits per heavy atom. The topological polar surface area (TPSA) is 59.8 Å². The summed E-state index contributed by atoms with van der Waals surface area (Å²) in [5, 5.41) is 12.2. The molecule has 1 heterocycles. The number of nitrogens with one attached hydrogen (secondary N) is 1. The van der Waals surface area contributed by atoms with E-state index in [0.29, 0.717) is 28.2 Å². The van der Waals surface area contributed by atoms with Crippen molar-refractivity contribution in [1.82, 2.24) is 15.0 Å². The van der Waals surface area contributed by atoms with Crippen molar-refractivity contribution in [2.24, 2.45) is 0 Å². The SMILES string of the molecule is CCCCc1ccc(-n2nc3cc(Cl)c(NC(=O)CC)cc3n2)cc1. The number of aromatic nitrogens is 3. The average molecular weight is 357 g/mol. The van der Waals surface area contributed by atoms with Gasteiger partial charge in [0.2, 0.25) is 5.91 Å². The lowest BCUT2D eigenvalue weighted by Gasteiger charge is -2.04. The first-order chi connectivity index (χ1) is 12.1. The Morgan fingerprint density at radius 3 is 2.44 bits per heavy atom. The van der Waals surface area contributed by atoms with Crippen LogP contribution >= 0.6 is 11.6 Å². The Labute approximate surface area is 152 Å². The highest BCUT2D eigenvalue weighted by atomic mass is 35.5. The zero-order valence-corrected chi connectivity index (χ0v) is 15.2. The van der Waals surface area contributed by atoms with Crippen LogP contribution < -0.4 is 5.32 Å². The molecule has 3 aromatic rings. The van der Waals surface area contributed by atoms with Gasteiger partial charge in [0.25, 0.3) is 0 Å². The molecule has 0 bridgehead atoms. The lowest BCUT2D eigenvalue weighted by molar-refractivity contribution is -0.115. The summed E-state index contributed by atoms with van der Waals surface area (Å²) >= 11 is 6.24. The van der Waals surface area contributed by atoms with Crippen LogP contribution in [-0.2, 0) is 11.2 Å². The van der Waals surface area contributed by atoms with Gasteiger partial charge in [-0.3, -0.25) is 4.79 Å². The largest absolute Gasteiger partial charge is 0.325 e. The molecule has 25 heavy (non-hydrogen) atoms. The normalized spacial score (nSPS) is 11.0. The van der Waals surface area contributed by atoms with Gasteiger partial charge in [0, 0.05) is 6.42 Å². The van der Waals surface area contributed by atoms with Gasteiger partial charge in [-0.2, -0.15) is 4.80 Å². The van der Waals surface area contributed by atoms with Gasteiger partial charge in [0.05, 0.1) is 16.4 Å². The molecule has 0 saturated heterocycles. The Bertz CT molecular complexity index is 886. The number of halogens is 1. The summed E-state index contributed by atoms with van der Waals surface area (Å²) in [6, 6.07) is 11.7. The van der Waals surface area contributed by atoms with Crippen LogP contribution in [0, 0.1) is 0 Å². The minimum atomic E-state index is -0.0868. The molecule has 0 spiro atoms. The fourth-order valence-corrected chi connectivity index (χ4v) is 2.77. The van der Waals surface area contributed by atoms with E-state index in [1.54, 1.807) is 23.9 Å². The summed E-state index contributed by atoms with van der Waals surface area (Å²) in [7, 11) is 0. The summed E-state index contributed by atoms with van der Waals surface area (Å²) in [6.07, 6.45) is 3.85. The minimum absolute atomic E-state index is 0.0868. The molecule has 1 N–H and O–H groups in total. The molecule has 1 amide bonds. The predicted octanol–water partition coefficient (Wildman–Crippen LogP) is 4.77. The Morgan fingerprint density at radius 2 is 1.80 bits per heavy atom. The quantitative estimate of drug-likeness (QED) is 0.692. The molecule has 130 valence electrons. The Kier molecular flexibility index (Phi) is 5.34. The van der Waals surface area contributed by atoms with Crippen LogP contribution in [0.5, 0.6) is 0 Å². The van der Waals surface area contributed by atoms with E-state index in [1.165, 1.54) is 18.4 Å². The Hall–Kier alpha value is -2.40. The van der Waals surface area contributed by atoms with Gasteiger partial charge in [-0.15, -0.1) is 10.2 Å². The molecule has 2 aromatic carbocycles. The Balaban J connectivity index is 1.89. The zero-order valence-electron chi connectivity index (χ0n) is 14.4. The third-order valence-electron chi connectivity index (χ3n) is 4.05. The van der Waals surface area contributed by atoms with Crippen molar-refractivity contribution in [2.45, 2.75) is 39.5 Å². The van der Waals surface area contributed by atoms with Crippen LogP contribution in [0.3, 0.4) is 0 Å². The molecule has 0 radical (unpaired) electrons. The van der Waals surface area contributed by atoms with Crippen LogP contribution in [0.4, 0.5) is 5.69 Å². The molecule has 0 aliphatic rings. The van der Waals surface area contributed by atoms with Gasteiger partial charge in [-0.05, 0) is 42.7 Å². The number of unbranched alkanes of at least 4 members (excludes halogenated alkanes) is 1. The number of nitrogens with zero attached hydrogens (tertiary/aromatic N) is 3. The number of fused-ring (bicyclic) bond motifs is 1. The zero-order chi connectivity index (χ0) is 17.8. The van der Waals surface area contributed by atoms with Crippen molar-refractivity contribution in [2.75, 3.05) is 5.32 Å². The van der Waals surface area contributed by atoms with Crippen molar-refractivity contribution in [3.8, 4) is 5.69 Å². The third kappa shape index (κ3) is 3.99. The van der Waals surface area contributed by atoms with E-state index >= 15 is 0 Å². The molecular weight excluding hydrogens is 336 g/mol. The van der Waals surface area contributed by atoms with Crippen molar-refractivity contribution in [1.29, 1.82) is 0 Å². The minimum Gasteiger partial charge on any atom is -0.325 e. The second kappa shape index (κ2) is 7.66. The highest BCUT2D eigenvalue weighted by molar-refractivity contribution is 6.34. The molecule has 0 aliphatic carbocycles. The first kappa shape index (κ1) is 17.4. The van der Waals surface area contributed by atoms with E-state index in [4.69, 9.17) is 11.6 Å². The van der Waals surface area contributed by atoms with Crippen molar-refractivity contribution >= 4 is 34.2 Å². The van der Waals surface area contributed by atoms with Crippen LogP contribution in [0.2, 0.25) is 5.02 Å². The van der Waals surface area contributed by atoms with Crippen LogP contribution in [0.1, 0.15) is 38.7 Å². The number of amides is 1. The lowest BCUT2D eigenvalue weighted by Crippen LogP contribution is -2.09. The van der Waals surface area contributed by atoms with E-state index < -0.39 is 0 Å². The van der Waals surface area contributed by atoms with Crippen LogP contribution in [0.25, 0.3) is 16.7 Å². The fraction of sp³-hybridized carbons (Fsp3) is 0.316. The molecule has 3 rings (SSSR count). The van der Waals surface area contributed by atoms with Gasteiger partial charge >= 0.3 is 0 Å². The van der Waals surface area contributed by atoms with E-state index in [-0.39, 0.29) is 5.91 Å². The maximum absolute atomic E-state index is 11.6. The highest BCUT2D eigenvalue weighted by Crippen LogP contribution is 2.27. The van der Waals surface area contributed by atoms with Crippen molar-refractivity contribution < 1.29 is 4.79 Å². The maximum atomic E-state index is 11.6. The standard InChI is InChI=1S/C19H21ClN4O/c1-3-5-6-13-7-9-14(10-8-13)24-22-17-11-15(20)16(12-18(17)23-24)21-19(25)4-2/h7-12H,3-6H2,1-2H3,(H,21,25). The molecule has 0 unspecified atom stereocenters. The maximum Gasteiger partial charge on any atom is 0.224 e.